The second kappa shape index (κ2) is 10.0. The smallest absolute Gasteiger partial charge is 0.156 e. The van der Waals surface area contributed by atoms with E-state index in [9.17, 15) is 0 Å². The summed E-state index contributed by atoms with van der Waals surface area (Å²) in [5.74, 6) is 1.53. The summed E-state index contributed by atoms with van der Waals surface area (Å²) in [4.78, 5) is 11.1. The zero-order chi connectivity index (χ0) is 21.6. The van der Waals surface area contributed by atoms with Crippen LogP contribution in [-0.2, 0) is 19.1 Å². The van der Waals surface area contributed by atoms with Crippen molar-refractivity contribution >= 4 is 11.4 Å². The minimum Gasteiger partial charge on any atom is -0.490 e. The third kappa shape index (κ3) is 4.87. The van der Waals surface area contributed by atoms with E-state index in [2.05, 4.69) is 10.3 Å². The number of nitrogens with zero attached hydrogens (tertiary/aromatic N) is 2. The van der Waals surface area contributed by atoms with Gasteiger partial charge in [0.05, 0.1) is 37.9 Å². The van der Waals surface area contributed by atoms with Gasteiger partial charge in [0.25, 0.3) is 0 Å². The molecule has 32 heavy (non-hydrogen) atoms. The molecule has 0 aromatic heterocycles. The van der Waals surface area contributed by atoms with Gasteiger partial charge in [-0.2, -0.15) is 0 Å². The Balaban J connectivity index is 1.27. The van der Waals surface area contributed by atoms with Gasteiger partial charge < -0.3 is 28.6 Å². The SMILES string of the molecule is c1ccc2c(c1)OCCOCC1CC(=NO1)c1ccccc1OCCOCC1CC2=NO1. The van der Waals surface area contributed by atoms with Crippen LogP contribution in [0.3, 0.4) is 0 Å². The fraction of sp³-hybridized carbons (Fsp3) is 0.417. The van der Waals surface area contributed by atoms with Crippen molar-refractivity contribution in [1.82, 2.24) is 0 Å². The molecule has 2 unspecified atom stereocenters. The molecule has 3 aliphatic heterocycles. The van der Waals surface area contributed by atoms with Crippen molar-refractivity contribution in [3.05, 3.63) is 59.7 Å². The topological polar surface area (TPSA) is 80.1 Å². The number of hydrogen-bond acceptors (Lipinski definition) is 8. The van der Waals surface area contributed by atoms with Crippen LogP contribution in [-0.4, -0.2) is 63.3 Å². The van der Waals surface area contributed by atoms with Crippen LogP contribution in [0.1, 0.15) is 24.0 Å². The molecular formula is C24H26N2O6. The fourth-order valence-corrected chi connectivity index (χ4v) is 3.87. The lowest BCUT2D eigenvalue weighted by Crippen LogP contribution is -2.20. The van der Waals surface area contributed by atoms with Crippen molar-refractivity contribution < 1.29 is 28.6 Å². The van der Waals surface area contributed by atoms with Crippen molar-refractivity contribution in [1.29, 1.82) is 0 Å². The van der Waals surface area contributed by atoms with E-state index in [0.717, 1.165) is 34.0 Å². The fourth-order valence-electron chi connectivity index (χ4n) is 3.87. The second-order valence-corrected chi connectivity index (χ2v) is 7.78. The molecule has 2 atom stereocenters. The molecule has 8 nitrogen and oxygen atoms in total. The van der Waals surface area contributed by atoms with Crippen LogP contribution in [0.15, 0.2) is 58.8 Å². The predicted octanol–water partition coefficient (Wildman–Crippen LogP) is 3.18. The standard InChI is InChI=1S/C24H26N2O6/c1-3-7-23-19(5-1)21-13-17(31-25-21)15-28-10-12-30-24-8-4-2-6-20(24)22-14-18(32-26-22)16-27-9-11-29-23/h1-8,17-18H,9-16H2. The van der Waals surface area contributed by atoms with Crippen molar-refractivity contribution in [3.8, 4) is 11.5 Å². The van der Waals surface area contributed by atoms with E-state index in [1.165, 1.54) is 0 Å². The van der Waals surface area contributed by atoms with Gasteiger partial charge in [-0.25, -0.2) is 0 Å². The Hall–Kier alpha value is -3.10. The summed E-state index contributed by atoms with van der Waals surface area (Å²) in [7, 11) is 0. The molecule has 2 aromatic carbocycles. The Morgan fingerprint density at radius 3 is 1.56 bits per heavy atom. The summed E-state index contributed by atoms with van der Waals surface area (Å²) < 4.78 is 23.5. The highest BCUT2D eigenvalue weighted by Gasteiger charge is 2.26. The van der Waals surface area contributed by atoms with E-state index >= 15 is 0 Å². The average Bonchev–Trinajstić information content (AvgIpc) is 3.49. The summed E-state index contributed by atoms with van der Waals surface area (Å²) in [6.07, 6.45) is 1.08. The van der Waals surface area contributed by atoms with Crippen molar-refractivity contribution in [2.75, 3.05) is 39.6 Å². The number of benzene rings is 2. The Morgan fingerprint density at radius 1 is 0.594 bits per heavy atom. The van der Waals surface area contributed by atoms with E-state index in [1.807, 2.05) is 48.5 Å². The molecule has 0 aliphatic carbocycles. The Kier molecular flexibility index (Phi) is 6.50. The normalized spacial score (nSPS) is 23.8. The monoisotopic (exact) mass is 438 g/mol. The van der Waals surface area contributed by atoms with Gasteiger partial charge in [0.2, 0.25) is 0 Å². The Labute approximate surface area is 186 Å². The van der Waals surface area contributed by atoms with Gasteiger partial charge in [-0.05, 0) is 24.3 Å². The van der Waals surface area contributed by atoms with Crippen LogP contribution in [0, 0.1) is 0 Å². The first-order valence-corrected chi connectivity index (χ1v) is 10.9. The number of para-hydroxylation sites is 2. The van der Waals surface area contributed by atoms with Crippen molar-refractivity contribution in [3.63, 3.8) is 0 Å². The summed E-state index contributed by atoms with van der Waals surface area (Å²) in [5.41, 5.74) is 3.58. The highest BCUT2D eigenvalue weighted by molar-refractivity contribution is 6.04. The van der Waals surface area contributed by atoms with E-state index < -0.39 is 0 Å². The largest absolute Gasteiger partial charge is 0.490 e. The molecule has 5 rings (SSSR count). The first-order chi connectivity index (χ1) is 15.9. The van der Waals surface area contributed by atoms with E-state index in [1.54, 1.807) is 0 Å². The molecule has 0 saturated carbocycles. The molecule has 2 aromatic rings. The van der Waals surface area contributed by atoms with Gasteiger partial charge in [0.15, 0.2) is 12.2 Å². The zero-order valence-electron chi connectivity index (χ0n) is 17.8. The van der Waals surface area contributed by atoms with Gasteiger partial charge in [0, 0.05) is 24.0 Å². The molecule has 4 bridgehead atoms. The van der Waals surface area contributed by atoms with Crippen molar-refractivity contribution in [2.45, 2.75) is 25.0 Å². The van der Waals surface area contributed by atoms with Crippen LogP contribution in [0.4, 0.5) is 0 Å². The highest BCUT2D eigenvalue weighted by Crippen LogP contribution is 2.26. The maximum Gasteiger partial charge on any atom is 0.156 e. The second-order valence-electron chi connectivity index (χ2n) is 7.78. The van der Waals surface area contributed by atoms with Crippen LogP contribution >= 0.6 is 0 Å². The maximum atomic E-state index is 5.97. The predicted molar refractivity (Wildman–Crippen MR) is 118 cm³/mol. The molecule has 0 spiro atoms. The molecule has 0 saturated heterocycles. The zero-order valence-corrected chi connectivity index (χ0v) is 17.8. The summed E-state index contributed by atoms with van der Waals surface area (Å²) in [6, 6.07) is 15.7. The average molecular weight is 438 g/mol. The number of oxime groups is 2. The summed E-state index contributed by atoms with van der Waals surface area (Å²) >= 11 is 0. The van der Waals surface area contributed by atoms with Crippen LogP contribution in [0.2, 0.25) is 0 Å². The highest BCUT2D eigenvalue weighted by atomic mass is 16.7. The minimum atomic E-state index is -0.124. The molecule has 8 heteroatoms. The molecule has 168 valence electrons. The lowest BCUT2D eigenvalue weighted by atomic mass is 10.0. The molecule has 0 amide bonds. The third-order valence-electron chi connectivity index (χ3n) is 5.44. The van der Waals surface area contributed by atoms with Gasteiger partial charge in [-0.15, -0.1) is 0 Å². The first kappa shape index (κ1) is 20.8. The maximum absolute atomic E-state index is 5.97. The van der Waals surface area contributed by atoms with Gasteiger partial charge in [-0.1, -0.05) is 34.6 Å². The summed E-state index contributed by atoms with van der Waals surface area (Å²) in [5, 5.41) is 8.52. The lowest BCUT2D eigenvalue weighted by Gasteiger charge is -2.14. The van der Waals surface area contributed by atoms with E-state index in [4.69, 9.17) is 28.6 Å². The van der Waals surface area contributed by atoms with Crippen LogP contribution in [0.25, 0.3) is 0 Å². The molecule has 0 radical (unpaired) electrons. The van der Waals surface area contributed by atoms with Gasteiger partial charge >= 0.3 is 0 Å². The number of hydrogen-bond donors (Lipinski definition) is 0. The number of rotatable bonds is 0. The Bertz CT molecular complexity index is 912. The molecule has 0 N–H and O–H groups in total. The van der Waals surface area contributed by atoms with Gasteiger partial charge in [0.1, 0.15) is 24.7 Å². The molecule has 0 fully saturated rings. The molecule has 3 heterocycles. The van der Waals surface area contributed by atoms with Crippen LogP contribution < -0.4 is 9.47 Å². The molecular weight excluding hydrogens is 412 g/mol. The van der Waals surface area contributed by atoms with E-state index in [-0.39, 0.29) is 12.2 Å². The van der Waals surface area contributed by atoms with E-state index in [0.29, 0.717) is 52.5 Å². The minimum absolute atomic E-state index is 0.124. The molecule has 3 aliphatic rings. The quantitative estimate of drug-likeness (QED) is 0.629. The van der Waals surface area contributed by atoms with Gasteiger partial charge in [-0.3, -0.25) is 0 Å². The summed E-state index contributed by atoms with van der Waals surface area (Å²) in [6.45, 7) is 2.63. The lowest BCUT2D eigenvalue weighted by molar-refractivity contribution is -0.00434. The number of ether oxygens (including phenoxy) is 4. The Morgan fingerprint density at radius 2 is 1.06 bits per heavy atom. The first-order valence-electron chi connectivity index (χ1n) is 10.9. The van der Waals surface area contributed by atoms with Crippen LogP contribution in [0.5, 0.6) is 11.5 Å². The number of fused-ring (bicyclic) bond motifs is 8. The van der Waals surface area contributed by atoms with Crippen molar-refractivity contribution in [2.24, 2.45) is 10.3 Å². The third-order valence-corrected chi connectivity index (χ3v) is 5.44.